The molecule has 1 saturated heterocycles. The number of aromatic nitrogens is 5. The number of piperidine rings is 1. The highest BCUT2D eigenvalue weighted by atomic mass is 32.2. The number of pyridine rings is 1. The minimum Gasteiger partial charge on any atom is -0.474 e. The van der Waals surface area contributed by atoms with Gasteiger partial charge in [0.1, 0.15) is 29.6 Å². The summed E-state index contributed by atoms with van der Waals surface area (Å²) in [5, 5.41) is 14.3. The predicted octanol–water partition coefficient (Wildman–Crippen LogP) is 2.17. The summed E-state index contributed by atoms with van der Waals surface area (Å²) in [6.07, 6.45) is 6.68. The second-order valence-electron chi connectivity index (χ2n) is 8.36. The summed E-state index contributed by atoms with van der Waals surface area (Å²) in [5.41, 5.74) is 1.60. The van der Waals surface area contributed by atoms with Crippen LogP contribution < -0.4 is 4.74 Å². The SMILES string of the molecule is CS(=O)(=O)c1ccc(-n2ncc3c(OC4CCN(C(=O)c5ncccc5C#N)CC4)ncnc32)cc1. The van der Waals surface area contributed by atoms with E-state index in [0.29, 0.717) is 48.5 Å². The van der Waals surface area contributed by atoms with E-state index in [9.17, 15) is 18.5 Å². The third-order valence-electron chi connectivity index (χ3n) is 5.98. The van der Waals surface area contributed by atoms with E-state index in [-0.39, 0.29) is 28.2 Å². The predicted molar refractivity (Wildman–Crippen MR) is 128 cm³/mol. The number of sulfone groups is 1. The lowest BCUT2D eigenvalue weighted by Gasteiger charge is -2.31. The highest BCUT2D eigenvalue weighted by Gasteiger charge is 2.27. The molecule has 182 valence electrons. The molecule has 0 N–H and O–H groups in total. The minimum absolute atomic E-state index is 0.161. The molecule has 4 aromatic rings. The number of hydrogen-bond acceptors (Lipinski definition) is 9. The summed E-state index contributed by atoms with van der Waals surface area (Å²) in [6.45, 7) is 0.927. The van der Waals surface area contributed by atoms with Gasteiger partial charge in [0.25, 0.3) is 5.91 Å². The maximum atomic E-state index is 12.8. The summed E-state index contributed by atoms with van der Waals surface area (Å²) in [5.74, 6) is 0.124. The molecule has 0 radical (unpaired) electrons. The fraction of sp³-hybridized carbons (Fsp3) is 0.250. The molecule has 36 heavy (non-hydrogen) atoms. The van der Waals surface area contributed by atoms with Crippen LogP contribution in [0.5, 0.6) is 5.88 Å². The number of nitrogens with zero attached hydrogens (tertiary/aromatic N) is 7. The zero-order valence-electron chi connectivity index (χ0n) is 19.3. The molecular formula is C24H21N7O4S. The van der Waals surface area contributed by atoms with E-state index >= 15 is 0 Å². The molecule has 5 rings (SSSR count). The number of ether oxygens (including phenoxy) is 1. The molecule has 1 amide bonds. The molecule has 12 heteroatoms. The molecule has 0 aliphatic carbocycles. The number of likely N-dealkylation sites (tertiary alicyclic amines) is 1. The Hall–Kier alpha value is -4.37. The fourth-order valence-corrected chi connectivity index (χ4v) is 4.72. The van der Waals surface area contributed by atoms with Crippen molar-refractivity contribution >= 4 is 26.8 Å². The van der Waals surface area contributed by atoms with Gasteiger partial charge in [-0.05, 0) is 36.4 Å². The number of nitriles is 1. The topological polar surface area (TPSA) is 144 Å². The van der Waals surface area contributed by atoms with Gasteiger partial charge in [-0.25, -0.2) is 28.1 Å². The van der Waals surface area contributed by atoms with Gasteiger partial charge in [-0.1, -0.05) is 0 Å². The van der Waals surface area contributed by atoms with Gasteiger partial charge in [-0.2, -0.15) is 10.4 Å². The minimum atomic E-state index is -3.30. The van der Waals surface area contributed by atoms with Gasteiger partial charge >= 0.3 is 0 Å². The molecule has 1 aliphatic rings. The number of amides is 1. The number of rotatable bonds is 5. The first-order valence-corrected chi connectivity index (χ1v) is 13.0. The Bertz CT molecular complexity index is 1590. The summed E-state index contributed by atoms with van der Waals surface area (Å²) in [7, 11) is -3.30. The van der Waals surface area contributed by atoms with Gasteiger partial charge in [0, 0.05) is 38.4 Å². The van der Waals surface area contributed by atoms with Crippen LogP contribution in [0.25, 0.3) is 16.7 Å². The number of hydrogen-bond donors (Lipinski definition) is 0. The lowest BCUT2D eigenvalue weighted by molar-refractivity contribution is 0.0585. The molecular weight excluding hydrogens is 482 g/mol. The first-order valence-electron chi connectivity index (χ1n) is 11.2. The first-order chi connectivity index (χ1) is 17.3. The molecule has 0 saturated carbocycles. The molecule has 0 atom stereocenters. The molecule has 0 spiro atoms. The second-order valence-corrected chi connectivity index (χ2v) is 10.4. The molecule has 1 aromatic carbocycles. The van der Waals surface area contributed by atoms with E-state index < -0.39 is 9.84 Å². The Morgan fingerprint density at radius 2 is 1.86 bits per heavy atom. The second kappa shape index (κ2) is 9.35. The van der Waals surface area contributed by atoms with Crippen LogP contribution in [0.4, 0.5) is 0 Å². The van der Waals surface area contributed by atoms with Gasteiger partial charge < -0.3 is 9.64 Å². The van der Waals surface area contributed by atoms with Crippen LogP contribution in [0.1, 0.15) is 28.9 Å². The summed E-state index contributed by atoms with van der Waals surface area (Å²) < 4.78 is 31.2. The standard InChI is InChI=1S/C24H21N7O4S/c1-36(33,34)19-6-4-17(5-7-19)31-22-20(14-29-31)23(28-15-27-22)35-18-8-11-30(12-9-18)24(32)21-16(13-25)3-2-10-26-21/h2-7,10,14-15,18H,8-9,11-12H2,1H3. The maximum absolute atomic E-state index is 12.8. The van der Waals surface area contributed by atoms with E-state index in [1.54, 1.807) is 40.0 Å². The molecule has 0 bridgehead atoms. The largest absolute Gasteiger partial charge is 0.474 e. The summed E-state index contributed by atoms with van der Waals surface area (Å²) in [4.78, 5) is 27.4. The lowest BCUT2D eigenvalue weighted by atomic mass is 10.1. The molecule has 4 heterocycles. The average Bonchev–Trinajstić information content (AvgIpc) is 3.33. The Labute approximate surface area is 206 Å². The smallest absolute Gasteiger partial charge is 0.273 e. The Balaban J connectivity index is 1.30. The van der Waals surface area contributed by atoms with Crippen LogP contribution in [-0.4, -0.2) is 69.4 Å². The van der Waals surface area contributed by atoms with Gasteiger partial charge in [-0.3, -0.25) is 4.79 Å². The van der Waals surface area contributed by atoms with Gasteiger partial charge in [-0.15, -0.1) is 0 Å². The van der Waals surface area contributed by atoms with Crippen molar-refractivity contribution in [3.8, 4) is 17.6 Å². The van der Waals surface area contributed by atoms with Crippen LogP contribution in [-0.2, 0) is 9.84 Å². The van der Waals surface area contributed by atoms with Crippen LogP contribution in [0, 0.1) is 11.3 Å². The highest BCUT2D eigenvalue weighted by Crippen LogP contribution is 2.27. The molecule has 11 nitrogen and oxygen atoms in total. The molecule has 1 fully saturated rings. The highest BCUT2D eigenvalue weighted by molar-refractivity contribution is 7.90. The van der Waals surface area contributed by atoms with Crippen molar-refractivity contribution < 1.29 is 17.9 Å². The normalized spacial score (nSPS) is 14.5. The van der Waals surface area contributed by atoms with Crippen molar-refractivity contribution in [1.29, 1.82) is 5.26 Å². The van der Waals surface area contributed by atoms with Crippen LogP contribution in [0.2, 0.25) is 0 Å². The summed E-state index contributed by atoms with van der Waals surface area (Å²) >= 11 is 0. The molecule has 1 aliphatic heterocycles. The summed E-state index contributed by atoms with van der Waals surface area (Å²) in [6, 6.07) is 11.6. The van der Waals surface area contributed by atoms with Crippen LogP contribution >= 0.6 is 0 Å². The number of carbonyl (C=O) groups excluding carboxylic acids is 1. The van der Waals surface area contributed by atoms with Crippen molar-refractivity contribution in [3.05, 3.63) is 66.4 Å². The van der Waals surface area contributed by atoms with E-state index in [0.717, 1.165) is 6.26 Å². The van der Waals surface area contributed by atoms with Crippen molar-refractivity contribution in [2.45, 2.75) is 23.8 Å². The number of benzene rings is 1. The molecule has 3 aromatic heterocycles. The van der Waals surface area contributed by atoms with E-state index in [1.165, 1.54) is 24.7 Å². The monoisotopic (exact) mass is 503 g/mol. The number of carbonyl (C=O) groups is 1. The zero-order chi connectivity index (χ0) is 25.3. The maximum Gasteiger partial charge on any atom is 0.273 e. The third-order valence-corrected chi connectivity index (χ3v) is 7.11. The van der Waals surface area contributed by atoms with E-state index in [4.69, 9.17) is 4.74 Å². The quantitative estimate of drug-likeness (QED) is 0.400. The van der Waals surface area contributed by atoms with Gasteiger partial charge in [0.2, 0.25) is 5.88 Å². The van der Waals surface area contributed by atoms with Crippen molar-refractivity contribution in [1.82, 2.24) is 29.6 Å². The third kappa shape index (κ3) is 4.48. The Kier molecular flexibility index (Phi) is 6.07. The zero-order valence-corrected chi connectivity index (χ0v) is 20.1. The lowest BCUT2D eigenvalue weighted by Crippen LogP contribution is -2.42. The average molecular weight is 504 g/mol. The fourth-order valence-electron chi connectivity index (χ4n) is 4.09. The van der Waals surface area contributed by atoms with Crippen LogP contribution in [0.3, 0.4) is 0 Å². The van der Waals surface area contributed by atoms with E-state index in [2.05, 4.69) is 20.1 Å². The molecule has 0 unspecified atom stereocenters. The van der Waals surface area contributed by atoms with Crippen molar-refractivity contribution in [3.63, 3.8) is 0 Å². The Morgan fingerprint density at radius 3 is 2.56 bits per heavy atom. The van der Waals surface area contributed by atoms with Gasteiger partial charge in [0.05, 0.1) is 22.3 Å². The van der Waals surface area contributed by atoms with E-state index in [1.807, 2.05) is 6.07 Å². The van der Waals surface area contributed by atoms with Gasteiger partial charge in [0.15, 0.2) is 15.5 Å². The van der Waals surface area contributed by atoms with Crippen molar-refractivity contribution in [2.75, 3.05) is 19.3 Å². The van der Waals surface area contributed by atoms with Crippen molar-refractivity contribution in [2.24, 2.45) is 0 Å². The van der Waals surface area contributed by atoms with Crippen LogP contribution in [0.15, 0.2) is 60.0 Å². The number of fused-ring (bicyclic) bond motifs is 1. The Morgan fingerprint density at radius 1 is 1.11 bits per heavy atom. The first kappa shape index (κ1) is 23.4.